The Kier molecular flexibility index (Phi) is 2.41. The van der Waals surface area contributed by atoms with Crippen molar-refractivity contribution in [2.24, 2.45) is 0 Å². The quantitative estimate of drug-likeness (QED) is 0.767. The number of nitrogens with two attached hydrogens (primary N) is 1. The van der Waals surface area contributed by atoms with Crippen molar-refractivity contribution in [3.8, 4) is 0 Å². The average Bonchev–Trinajstić information content (AvgIpc) is 2.66. The fourth-order valence-electron chi connectivity index (χ4n) is 1.94. The summed E-state index contributed by atoms with van der Waals surface area (Å²) in [7, 11) is 2.11. The van der Waals surface area contributed by atoms with Gasteiger partial charge in [-0.1, -0.05) is 11.6 Å². The van der Waals surface area contributed by atoms with E-state index >= 15 is 0 Å². The van der Waals surface area contributed by atoms with Gasteiger partial charge in [-0.3, -0.25) is 0 Å². The number of nitrogens with zero attached hydrogens (tertiary/aromatic N) is 3. The first-order valence-corrected chi connectivity index (χ1v) is 5.16. The molecule has 1 aliphatic rings. The lowest BCUT2D eigenvalue weighted by Gasteiger charge is -2.12. The molecule has 1 aromatic heterocycles. The summed E-state index contributed by atoms with van der Waals surface area (Å²) in [6.07, 6.45) is 1.10. The number of halogens is 1. The molecule has 1 fully saturated rings. The smallest absolute Gasteiger partial charge is 0.141 e. The lowest BCUT2D eigenvalue weighted by molar-refractivity contribution is 0.383. The first kappa shape index (κ1) is 9.80. The summed E-state index contributed by atoms with van der Waals surface area (Å²) < 4.78 is 1.86. The third-order valence-corrected chi connectivity index (χ3v) is 3.23. The summed E-state index contributed by atoms with van der Waals surface area (Å²) in [5.41, 5.74) is 6.70. The van der Waals surface area contributed by atoms with Crippen LogP contribution in [0.1, 0.15) is 18.2 Å². The molecule has 1 atom stereocenters. The summed E-state index contributed by atoms with van der Waals surface area (Å²) in [6.45, 7) is 3.98. The third-order valence-electron chi connectivity index (χ3n) is 2.76. The van der Waals surface area contributed by atoms with Crippen molar-refractivity contribution in [2.75, 3.05) is 25.9 Å². The highest BCUT2D eigenvalue weighted by molar-refractivity contribution is 6.33. The van der Waals surface area contributed by atoms with Crippen molar-refractivity contribution in [3.63, 3.8) is 0 Å². The predicted molar refractivity (Wildman–Crippen MR) is 57.5 cm³/mol. The maximum Gasteiger partial charge on any atom is 0.141 e. The van der Waals surface area contributed by atoms with Crippen molar-refractivity contribution >= 4 is 17.4 Å². The van der Waals surface area contributed by atoms with E-state index in [-0.39, 0.29) is 0 Å². The second-order valence-electron chi connectivity index (χ2n) is 3.93. The van der Waals surface area contributed by atoms with Crippen LogP contribution in [0.15, 0.2) is 0 Å². The molecule has 1 aromatic rings. The molecule has 2 N–H and O–H groups in total. The Bertz CT molecular complexity index is 347. The predicted octanol–water partition coefficient (Wildman–Crippen LogP) is 1.30. The largest absolute Gasteiger partial charge is 0.383 e. The van der Waals surface area contributed by atoms with E-state index in [2.05, 4.69) is 17.0 Å². The summed E-state index contributed by atoms with van der Waals surface area (Å²) in [6, 6.07) is 0.381. The minimum absolute atomic E-state index is 0.381. The topological polar surface area (TPSA) is 47.1 Å². The molecule has 14 heavy (non-hydrogen) atoms. The molecule has 1 unspecified atom stereocenters. The van der Waals surface area contributed by atoms with Gasteiger partial charge in [0.2, 0.25) is 0 Å². The number of hydrogen-bond donors (Lipinski definition) is 1. The minimum atomic E-state index is 0.381. The van der Waals surface area contributed by atoms with E-state index in [1.165, 1.54) is 0 Å². The molecule has 1 saturated heterocycles. The maximum atomic E-state index is 5.99. The van der Waals surface area contributed by atoms with Gasteiger partial charge in [-0.15, -0.1) is 0 Å². The van der Waals surface area contributed by atoms with E-state index in [1.54, 1.807) is 0 Å². The highest BCUT2D eigenvalue weighted by Crippen LogP contribution is 2.29. The van der Waals surface area contributed by atoms with Crippen molar-refractivity contribution in [3.05, 3.63) is 10.7 Å². The molecule has 78 valence electrons. The van der Waals surface area contributed by atoms with Gasteiger partial charge < -0.3 is 10.6 Å². The molecule has 4 nitrogen and oxygen atoms in total. The van der Waals surface area contributed by atoms with Gasteiger partial charge in [0.15, 0.2) is 0 Å². The fraction of sp³-hybridized carbons (Fsp3) is 0.667. The van der Waals surface area contributed by atoms with E-state index in [1.807, 2.05) is 11.6 Å². The Morgan fingerprint density at radius 1 is 1.57 bits per heavy atom. The molecule has 0 aliphatic carbocycles. The maximum absolute atomic E-state index is 5.99. The number of anilines is 1. The standard InChI is InChI=1S/C9H15ClN4/c1-6-8(10)9(11)14(12-6)7-3-4-13(2)5-7/h7H,3-5,11H2,1-2H3. The molecule has 0 amide bonds. The van der Waals surface area contributed by atoms with Gasteiger partial charge in [0.05, 0.1) is 11.7 Å². The number of rotatable bonds is 1. The van der Waals surface area contributed by atoms with Gasteiger partial charge in [-0.25, -0.2) is 4.68 Å². The number of aromatic nitrogens is 2. The monoisotopic (exact) mass is 214 g/mol. The van der Waals surface area contributed by atoms with Gasteiger partial charge in [-0.2, -0.15) is 5.10 Å². The van der Waals surface area contributed by atoms with Gasteiger partial charge in [0.25, 0.3) is 0 Å². The number of hydrogen-bond acceptors (Lipinski definition) is 3. The van der Waals surface area contributed by atoms with E-state index in [9.17, 15) is 0 Å². The van der Waals surface area contributed by atoms with Crippen molar-refractivity contribution in [1.82, 2.24) is 14.7 Å². The first-order chi connectivity index (χ1) is 6.59. The summed E-state index contributed by atoms with van der Waals surface area (Å²) >= 11 is 5.99. The molecule has 2 heterocycles. The number of likely N-dealkylation sites (tertiary alicyclic amines) is 1. The van der Waals surface area contributed by atoms with Crippen molar-refractivity contribution in [2.45, 2.75) is 19.4 Å². The molecule has 0 aromatic carbocycles. The molecule has 1 aliphatic heterocycles. The normalized spacial score (nSPS) is 23.2. The van der Waals surface area contributed by atoms with Crippen molar-refractivity contribution in [1.29, 1.82) is 0 Å². The number of aryl methyl sites for hydroxylation is 1. The molecular formula is C9H15ClN4. The zero-order valence-electron chi connectivity index (χ0n) is 8.50. The third kappa shape index (κ3) is 1.48. The van der Waals surface area contributed by atoms with Crippen LogP contribution in [-0.4, -0.2) is 34.8 Å². The molecule has 2 rings (SSSR count). The van der Waals surface area contributed by atoms with Crippen LogP contribution in [-0.2, 0) is 0 Å². The van der Waals surface area contributed by atoms with Crippen LogP contribution in [0.5, 0.6) is 0 Å². The Hall–Kier alpha value is -0.740. The van der Waals surface area contributed by atoms with Crippen LogP contribution in [0.3, 0.4) is 0 Å². The van der Waals surface area contributed by atoms with Crippen molar-refractivity contribution < 1.29 is 0 Å². The second kappa shape index (κ2) is 3.44. The Morgan fingerprint density at radius 2 is 2.29 bits per heavy atom. The van der Waals surface area contributed by atoms with Gasteiger partial charge >= 0.3 is 0 Å². The SMILES string of the molecule is Cc1nn(C2CCN(C)C2)c(N)c1Cl. The minimum Gasteiger partial charge on any atom is -0.383 e. The van der Waals surface area contributed by atoms with Crippen LogP contribution in [0.2, 0.25) is 5.02 Å². The van der Waals surface area contributed by atoms with E-state index in [4.69, 9.17) is 17.3 Å². The van der Waals surface area contributed by atoms with Crippen LogP contribution in [0.25, 0.3) is 0 Å². The molecule has 0 bridgehead atoms. The molecular weight excluding hydrogens is 200 g/mol. The van der Waals surface area contributed by atoms with Crippen LogP contribution < -0.4 is 5.73 Å². The average molecular weight is 215 g/mol. The van der Waals surface area contributed by atoms with Gasteiger partial charge in [0, 0.05) is 13.1 Å². The van der Waals surface area contributed by atoms with Gasteiger partial charge in [-0.05, 0) is 20.4 Å². The van der Waals surface area contributed by atoms with Crippen LogP contribution in [0.4, 0.5) is 5.82 Å². The Labute approximate surface area is 88.6 Å². The lowest BCUT2D eigenvalue weighted by atomic mass is 10.3. The number of nitrogen functional groups attached to an aromatic ring is 1. The molecule has 0 spiro atoms. The van der Waals surface area contributed by atoms with Crippen LogP contribution >= 0.6 is 11.6 Å². The zero-order chi connectivity index (χ0) is 10.3. The second-order valence-corrected chi connectivity index (χ2v) is 4.31. The van der Waals surface area contributed by atoms with Crippen LogP contribution in [0, 0.1) is 6.92 Å². The van der Waals surface area contributed by atoms with Gasteiger partial charge in [0.1, 0.15) is 10.8 Å². The molecule has 0 saturated carbocycles. The summed E-state index contributed by atoms with van der Waals surface area (Å²) in [4.78, 5) is 2.27. The Balaban J connectivity index is 2.28. The first-order valence-electron chi connectivity index (χ1n) is 4.78. The molecule has 5 heteroatoms. The number of likely N-dealkylation sites (N-methyl/N-ethyl adjacent to an activating group) is 1. The highest BCUT2D eigenvalue weighted by atomic mass is 35.5. The van der Waals surface area contributed by atoms with E-state index in [0.717, 1.165) is 25.2 Å². The molecule has 0 radical (unpaired) electrons. The zero-order valence-corrected chi connectivity index (χ0v) is 9.25. The highest BCUT2D eigenvalue weighted by Gasteiger charge is 2.24. The summed E-state index contributed by atoms with van der Waals surface area (Å²) in [5.74, 6) is 0.601. The lowest BCUT2D eigenvalue weighted by Crippen LogP contribution is -2.18. The summed E-state index contributed by atoms with van der Waals surface area (Å²) in [5, 5.41) is 4.96. The van der Waals surface area contributed by atoms with E-state index in [0.29, 0.717) is 16.9 Å². The van der Waals surface area contributed by atoms with E-state index < -0.39 is 0 Å². The fourth-order valence-corrected chi connectivity index (χ4v) is 2.06. The Morgan fingerprint density at radius 3 is 2.71 bits per heavy atom.